The van der Waals surface area contributed by atoms with E-state index >= 15 is 0 Å². The SMILES string of the molecule is Cc1ccc2c(c1)NC(=O)CN2CC(F)(F)F. The summed E-state index contributed by atoms with van der Waals surface area (Å²) >= 11 is 0. The molecule has 0 bridgehead atoms. The van der Waals surface area contributed by atoms with E-state index in [1.807, 2.05) is 6.92 Å². The lowest BCUT2D eigenvalue weighted by Crippen LogP contribution is -2.43. The molecule has 0 fully saturated rings. The number of rotatable bonds is 1. The van der Waals surface area contributed by atoms with Crippen molar-refractivity contribution < 1.29 is 18.0 Å². The van der Waals surface area contributed by atoms with E-state index in [9.17, 15) is 18.0 Å². The Kier molecular flexibility index (Phi) is 2.73. The number of benzene rings is 1. The number of fused-ring (bicyclic) bond motifs is 1. The summed E-state index contributed by atoms with van der Waals surface area (Å²) in [4.78, 5) is 12.3. The Morgan fingerprint density at radius 3 is 2.76 bits per heavy atom. The van der Waals surface area contributed by atoms with Gasteiger partial charge < -0.3 is 10.2 Å². The number of carbonyl (C=O) groups excluding carboxylic acids is 1. The first-order chi connectivity index (χ1) is 7.85. The summed E-state index contributed by atoms with van der Waals surface area (Å²) < 4.78 is 37.1. The van der Waals surface area contributed by atoms with Gasteiger partial charge in [-0.1, -0.05) is 6.07 Å². The van der Waals surface area contributed by atoms with Gasteiger partial charge >= 0.3 is 6.18 Å². The highest BCUT2D eigenvalue weighted by Gasteiger charge is 2.34. The third kappa shape index (κ3) is 2.69. The van der Waals surface area contributed by atoms with Crippen LogP contribution < -0.4 is 10.2 Å². The monoisotopic (exact) mass is 244 g/mol. The second-order valence-corrected chi connectivity index (χ2v) is 4.04. The smallest absolute Gasteiger partial charge is 0.351 e. The topological polar surface area (TPSA) is 32.3 Å². The van der Waals surface area contributed by atoms with Gasteiger partial charge in [-0.3, -0.25) is 4.79 Å². The Morgan fingerprint density at radius 1 is 1.41 bits per heavy atom. The normalized spacial score (nSPS) is 15.5. The molecular weight excluding hydrogens is 233 g/mol. The fourth-order valence-electron chi connectivity index (χ4n) is 1.83. The van der Waals surface area contributed by atoms with Crippen molar-refractivity contribution in [3.05, 3.63) is 23.8 Å². The number of hydrogen-bond donors (Lipinski definition) is 1. The molecule has 0 radical (unpaired) electrons. The zero-order valence-corrected chi connectivity index (χ0v) is 9.14. The minimum absolute atomic E-state index is 0.268. The zero-order chi connectivity index (χ0) is 12.6. The molecule has 0 spiro atoms. The molecule has 6 heteroatoms. The summed E-state index contributed by atoms with van der Waals surface area (Å²) in [7, 11) is 0. The van der Waals surface area contributed by atoms with Crippen LogP contribution in [0.5, 0.6) is 0 Å². The zero-order valence-electron chi connectivity index (χ0n) is 9.14. The molecule has 1 amide bonds. The second kappa shape index (κ2) is 3.94. The van der Waals surface area contributed by atoms with Crippen molar-refractivity contribution in [2.75, 3.05) is 23.3 Å². The quantitative estimate of drug-likeness (QED) is 0.822. The van der Waals surface area contributed by atoms with Gasteiger partial charge in [0.2, 0.25) is 5.91 Å². The van der Waals surface area contributed by atoms with Crippen molar-refractivity contribution in [3.63, 3.8) is 0 Å². The van der Waals surface area contributed by atoms with Crippen LogP contribution in [0.1, 0.15) is 5.56 Å². The van der Waals surface area contributed by atoms with Gasteiger partial charge in [-0.15, -0.1) is 0 Å². The number of nitrogens with zero attached hydrogens (tertiary/aromatic N) is 1. The van der Waals surface area contributed by atoms with Gasteiger partial charge in [0.1, 0.15) is 6.54 Å². The fourth-order valence-corrected chi connectivity index (χ4v) is 1.83. The van der Waals surface area contributed by atoms with Crippen LogP contribution in [0.25, 0.3) is 0 Å². The summed E-state index contributed by atoms with van der Waals surface area (Å²) in [6.07, 6.45) is -4.32. The molecule has 0 aliphatic carbocycles. The standard InChI is InChI=1S/C11H11F3N2O/c1-7-2-3-9-8(4-7)15-10(17)5-16(9)6-11(12,13)14/h2-4H,5-6H2,1H3,(H,15,17). The van der Waals surface area contributed by atoms with Crippen LogP contribution in [0.3, 0.4) is 0 Å². The first-order valence-corrected chi connectivity index (χ1v) is 5.07. The maximum absolute atomic E-state index is 12.4. The molecule has 0 saturated carbocycles. The minimum Gasteiger partial charge on any atom is -0.351 e. The summed E-state index contributed by atoms with van der Waals surface area (Å²) in [6, 6.07) is 4.98. The van der Waals surface area contributed by atoms with Gasteiger partial charge in [0, 0.05) is 0 Å². The molecule has 92 valence electrons. The Morgan fingerprint density at radius 2 is 2.12 bits per heavy atom. The van der Waals surface area contributed by atoms with Crippen LogP contribution in [0.2, 0.25) is 0 Å². The number of hydrogen-bond acceptors (Lipinski definition) is 2. The van der Waals surface area contributed by atoms with Gasteiger partial charge in [-0.2, -0.15) is 13.2 Å². The van der Waals surface area contributed by atoms with Gasteiger partial charge in [-0.05, 0) is 24.6 Å². The van der Waals surface area contributed by atoms with Crippen LogP contribution >= 0.6 is 0 Å². The molecule has 1 aromatic carbocycles. The molecule has 1 aliphatic rings. The van der Waals surface area contributed by atoms with Crippen LogP contribution in [-0.4, -0.2) is 25.2 Å². The lowest BCUT2D eigenvalue weighted by atomic mass is 10.1. The number of alkyl halides is 3. The van der Waals surface area contributed by atoms with Crippen molar-refractivity contribution in [3.8, 4) is 0 Å². The Bertz CT molecular complexity index is 457. The number of carbonyl (C=O) groups is 1. The highest BCUT2D eigenvalue weighted by atomic mass is 19.4. The maximum atomic E-state index is 12.4. The van der Waals surface area contributed by atoms with Crippen LogP contribution in [0.15, 0.2) is 18.2 Å². The van der Waals surface area contributed by atoms with Crippen molar-refractivity contribution in [1.29, 1.82) is 0 Å². The first kappa shape index (κ1) is 11.8. The van der Waals surface area contributed by atoms with Crippen LogP contribution in [0.4, 0.5) is 24.5 Å². The number of amides is 1. The third-order valence-electron chi connectivity index (χ3n) is 2.47. The number of halogens is 3. The van der Waals surface area contributed by atoms with E-state index in [1.54, 1.807) is 18.2 Å². The highest BCUT2D eigenvalue weighted by Crippen LogP contribution is 2.32. The molecule has 0 aromatic heterocycles. The molecule has 1 aromatic rings. The van der Waals surface area contributed by atoms with Gasteiger partial charge in [0.15, 0.2) is 0 Å². The average molecular weight is 244 g/mol. The predicted octanol–water partition coefficient (Wildman–Crippen LogP) is 2.32. The summed E-state index contributed by atoms with van der Waals surface area (Å²) in [5.74, 6) is -0.424. The van der Waals surface area contributed by atoms with Crippen molar-refractivity contribution in [1.82, 2.24) is 0 Å². The molecule has 0 unspecified atom stereocenters. The molecular formula is C11H11F3N2O. The largest absolute Gasteiger partial charge is 0.405 e. The van der Waals surface area contributed by atoms with Crippen molar-refractivity contribution in [2.45, 2.75) is 13.1 Å². The molecule has 1 aliphatic heterocycles. The number of anilines is 2. The molecule has 2 rings (SSSR count). The van der Waals surface area contributed by atoms with Crippen LogP contribution in [-0.2, 0) is 4.79 Å². The highest BCUT2D eigenvalue weighted by molar-refractivity contribution is 6.01. The summed E-state index contributed by atoms with van der Waals surface area (Å²) in [6.45, 7) is 0.432. The van der Waals surface area contributed by atoms with E-state index in [1.165, 1.54) is 0 Å². The van der Waals surface area contributed by atoms with E-state index in [4.69, 9.17) is 0 Å². The molecule has 17 heavy (non-hydrogen) atoms. The molecule has 0 atom stereocenters. The molecule has 1 heterocycles. The lowest BCUT2D eigenvalue weighted by molar-refractivity contribution is -0.122. The van der Waals surface area contributed by atoms with Gasteiger partial charge in [0.05, 0.1) is 17.9 Å². The van der Waals surface area contributed by atoms with E-state index in [0.717, 1.165) is 10.5 Å². The third-order valence-corrected chi connectivity index (χ3v) is 2.47. The Labute approximate surface area is 96.2 Å². The fraction of sp³-hybridized carbons (Fsp3) is 0.364. The number of aryl methyl sites for hydroxylation is 1. The Hall–Kier alpha value is -1.72. The Balaban J connectivity index is 2.34. The second-order valence-electron chi connectivity index (χ2n) is 4.04. The molecule has 1 N–H and O–H groups in total. The van der Waals surface area contributed by atoms with Crippen molar-refractivity contribution in [2.24, 2.45) is 0 Å². The molecule has 3 nitrogen and oxygen atoms in total. The van der Waals surface area contributed by atoms with Crippen molar-refractivity contribution >= 4 is 17.3 Å². The average Bonchev–Trinajstić information content (AvgIpc) is 2.13. The summed E-state index contributed by atoms with van der Waals surface area (Å²) in [5, 5.41) is 2.57. The predicted molar refractivity (Wildman–Crippen MR) is 58.1 cm³/mol. The van der Waals surface area contributed by atoms with E-state index in [-0.39, 0.29) is 6.54 Å². The van der Waals surface area contributed by atoms with Crippen LogP contribution in [0, 0.1) is 6.92 Å². The van der Waals surface area contributed by atoms with Gasteiger partial charge in [-0.25, -0.2) is 0 Å². The van der Waals surface area contributed by atoms with E-state index < -0.39 is 18.6 Å². The van der Waals surface area contributed by atoms with E-state index in [0.29, 0.717) is 11.4 Å². The van der Waals surface area contributed by atoms with E-state index in [2.05, 4.69) is 5.32 Å². The minimum atomic E-state index is -4.32. The number of nitrogens with one attached hydrogen (secondary N) is 1. The summed E-state index contributed by atoms with van der Waals surface area (Å²) in [5.41, 5.74) is 1.73. The first-order valence-electron chi connectivity index (χ1n) is 5.07. The lowest BCUT2D eigenvalue weighted by Gasteiger charge is -2.31. The molecule has 0 saturated heterocycles. The van der Waals surface area contributed by atoms with Gasteiger partial charge in [0.25, 0.3) is 0 Å². The maximum Gasteiger partial charge on any atom is 0.405 e.